The van der Waals surface area contributed by atoms with Crippen LogP contribution in [0.15, 0.2) is 22.7 Å². The van der Waals surface area contributed by atoms with Crippen molar-refractivity contribution in [2.75, 3.05) is 5.75 Å². The largest absolute Gasteiger partial charge is 0.336 e. The summed E-state index contributed by atoms with van der Waals surface area (Å²) in [6.45, 7) is 2.91. The van der Waals surface area contributed by atoms with Crippen LogP contribution in [0, 0.1) is 0 Å². The molecule has 2 aromatic rings. The highest BCUT2D eigenvalue weighted by molar-refractivity contribution is 7.99. The van der Waals surface area contributed by atoms with E-state index >= 15 is 0 Å². The van der Waals surface area contributed by atoms with Crippen molar-refractivity contribution in [1.82, 2.24) is 19.7 Å². The standard InChI is InChI=1S/C18H24N4OS2/c1-2-21-17(15-8-5-11-24-15)19-20-18(21)25-12-16(23)22(14-9-10-14)13-6-3-4-7-13/h5,8,11,13-14H,2-4,6-7,9-10,12H2,1H3. The maximum Gasteiger partial charge on any atom is 0.233 e. The van der Waals surface area contributed by atoms with Gasteiger partial charge in [0.25, 0.3) is 0 Å². The van der Waals surface area contributed by atoms with Gasteiger partial charge in [-0.3, -0.25) is 4.79 Å². The van der Waals surface area contributed by atoms with Gasteiger partial charge in [0.1, 0.15) is 0 Å². The van der Waals surface area contributed by atoms with Gasteiger partial charge in [-0.15, -0.1) is 21.5 Å². The van der Waals surface area contributed by atoms with Gasteiger partial charge in [0, 0.05) is 18.6 Å². The molecule has 0 N–H and O–H groups in total. The third kappa shape index (κ3) is 3.62. The summed E-state index contributed by atoms with van der Waals surface area (Å²) in [5.41, 5.74) is 0. The molecule has 5 nitrogen and oxygen atoms in total. The molecule has 2 aromatic heterocycles. The van der Waals surface area contributed by atoms with Crippen LogP contribution in [0.4, 0.5) is 0 Å². The van der Waals surface area contributed by atoms with Crippen LogP contribution in [0.2, 0.25) is 0 Å². The van der Waals surface area contributed by atoms with Gasteiger partial charge in [0.15, 0.2) is 11.0 Å². The maximum absolute atomic E-state index is 12.9. The first kappa shape index (κ1) is 17.1. The summed E-state index contributed by atoms with van der Waals surface area (Å²) in [6, 6.07) is 5.07. The molecule has 134 valence electrons. The number of amides is 1. The number of carbonyl (C=O) groups is 1. The van der Waals surface area contributed by atoms with Crippen molar-refractivity contribution >= 4 is 29.0 Å². The average molecular weight is 377 g/mol. The Morgan fingerprint density at radius 1 is 1.28 bits per heavy atom. The van der Waals surface area contributed by atoms with E-state index in [4.69, 9.17) is 0 Å². The van der Waals surface area contributed by atoms with E-state index in [9.17, 15) is 4.79 Å². The molecule has 2 aliphatic rings. The molecule has 2 saturated carbocycles. The third-order valence-electron chi connectivity index (χ3n) is 5.05. The van der Waals surface area contributed by atoms with Crippen molar-refractivity contribution in [1.29, 1.82) is 0 Å². The molecule has 0 unspecified atom stereocenters. The van der Waals surface area contributed by atoms with Gasteiger partial charge in [0.2, 0.25) is 5.91 Å². The number of aromatic nitrogens is 3. The van der Waals surface area contributed by atoms with Gasteiger partial charge in [0.05, 0.1) is 10.6 Å². The molecule has 0 saturated heterocycles. The van der Waals surface area contributed by atoms with E-state index < -0.39 is 0 Å². The smallest absolute Gasteiger partial charge is 0.233 e. The Morgan fingerprint density at radius 3 is 2.68 bits per heavy atom. The summed E-state index contributed by atoms with van der Waals surface area (Å²) in [5, 5.41) is 11.6. The molecule has 0 aliphatic heterocycles. The predicted octanol–water partition coefficient (Wildman–Crippen LogP) is 4.05. The molecular formula is C18H24N4OS2. The van der Waals surface area contributed by atoms with E-state index in [1.54, 1.807) is 11.3 Å². The first-order valence-electron chi connectivity index (χ1n) is 9.19. The Balaban J connectivity index is 1.44. The number of thiophene rings is 1. The highest BCUT2D eigenvalue weighted by atomic mass is 32.2. The molecule has 2 heterocycles. The van der Waals surface area contributed by atoms with E-state index in [0.717, 1.165) is 22.4 Å². The molecule has 2 fully saturated rings. The fourth-order valence-electron chi connectivity index (χ4n) is 3.71. The summed E-state index contributed by atoms with van der Waals surface area (Å²) >= 11 is 3.20. The normalized spacial score (nSPS) is 18.0. The van der Waals surface area contributed by atoms with Crippen molar-refractivity contribution in [3.63, 3.8) is 0 Å². The molecule has 0 aromatic carbocycles. The van der Waals surface area contributed by atoms with Crippen LogP contribution in [0.5, 0.6) is 0 Å². The van der Waals surface area contributed by atoms with Crippen LogP contribution in [-0.4, -0.2) is 43.4 Å². The van der Waals surface area contributed by atoms with Gasteiger partial charge in [-0.1, -0.05) is 30.7 Å². The van der Waals surface area contributed by atoms with Gasteiger partial charge < -0.3 is 9.47 Å². The van der Waals surface area contributed by atoms with Crippen LogP contribution in [0.1, 0.15) is 45.4 Å². The molecule has 25 heavy (non-hydrogen) atoms. The van der Waals surface area contributed by atoms with E-state index in [1.807, 2.05) is 6.07 Å². The zero-order valence-corrected chi connectivity index (χ0v) is 16.2. The Labute approximate surface area is 156 Å². The van der Waals surface area contributed by atoms with E-state index in [2.05, 4.69) is 38.0 Å². The van der Waals surface area contributed by atoms with Crippen LogP contribution in [0.3, 0.4) is 0 Å². The van der Waals surface area contributed by atoms with Crippen molar-refractivity contribution in [3.05, 3.63) is 17.5 Å². The van der Waals surface area contributed by atoms with E-state index in [0.29, 0.717) is 17.8 Å². The zero-order chi connectivity index (χ0) is 17.2. The molecular weight excluding hydrogens is 352 g/mol. The number of carbonyl (C=O) groups excluding carboxylic acids is 1. The van der Waals surface area contributed by atoms with E-state index in [1.165, 1.54) is 50.3 Å². The van der Waals surface area contributed by atoms with Crippen molar-refractivity contribution in [2.24, 2.45) is 0 Å². The number of hydrogen-bond acceptors (Lipinski definition) is 5. The second kappa shape index (κ2) is 7.50. The fraction of sp³-hybridized carbons (Fsp3) is 0.611. The van der Waals surface area contributed by atoms with Gasteiger partial charge in [-0.05, 0) is 44.1 Å². The molecule has 0 radical (unpaired) electrons. The minimum absolute atomic E-state index is 0.280. The Hall–Kier alpha value is -1.34. The Morgan fingerprint density at radius 2 is 2.04 bits per heavy atom. The first-order chi connectivity index (χ1) is 12.3. The third-order valence-corrected chi connectivity index (χ3v) is 6.86. The molecule has 4 rings (SSSR count). The number of nitrogens with zero attached hydrogens (tertiary/aromatic N) is 4. The topological polar surface area (TPSA) is 51.0 Å². The summed E-state index contributed by atoms with van der Waals surface area (Å²) < 4.78 is 2.11. The quantitative estimate of drug-likeness (QED) is 0.684. The number of thioether (sulfide) groups is 1. The van der Waals surface area contributed by atoms with Crippen molar-refractivity contribution < 1.29 is 4.79 Å². The second-order valence-corrected chi connectivity index (χ2v) is 8.68. The van der Waals surface area contributed by atoms with Gasteiger partial charge in [-0.2, -0.15) is 0 Å². The lowest BCUT2D eigenvalue weighted by Gasteiger charge is -2.29. The maximum atomic E-state index is 12.9. The monoisotopic (exact) mass is 376 g/mol. The lowest BCUT2D eigenvalue weighted by Crippen LogP contribution is -2.41. The molecule has 0 bridgehead atoms. The lowest BCUT2D eigenvalue weighted by molar-refractivity contribution is -0.131. The Kier molecular flexibility index (Phi) is 5.12. The Bertz CT molecular complexity index is 718. The summed E-state index contributed by atoms with van der Waals surface area (Å²) in [4.78, 5) is 16.2. The van der Waals surface area contributed by atoms with Gasteiger partial charge in [-0.25, -0.2) is 0 Å². The molecule has 1 amide bonds. The molecule has 2 aliphatic carbocycles. The molecule has 7 heteroatoms. The lowest BCUT2D eigenvalue weighted by atomic mass is 10.2. The van der Waals surface area contributed by atoms with Crippen LogP contribution >= 0.6 is 23.1 Å². The van der Waals surface area contributed by atoms with Crippen LogP contribution < -0.4 is 0 Å². The minimum Gasteiger partial charge on any atom is -0.336 e. The van der Waals surface area contributed by atoms with Crippen molar-refractivity contribution in [3.8, 4) is 10.7 Å². The highest BCUT2D eigenvalue weighted by Crippen LogP contribution is 2.35. The van der Waals surface area contributed by atoms with E-state index in [-0.39, 0.29) is 5.91 Å². The first-order valence-corrected chi connectivity index (χ1v) is 11.1. The molecule has 0 atom stereocenters. The van der Waals surface area contributed by atoms with Crippen LogP contribution in [0.25, 0.3) is 10.7 Å². The SMILES string of the molecule is CCn1c(SCC(=O)N(C2CCCC2)C2CC2)nnc1-c1cccs1. The summed E-state index contributed by atoms with van der Waals surface area (Å²) in [5.74, 6) is 1.65. The second-order valence-electron chi connectivity index (χ2n) is 6.79. The fourth-order valence-corrected chi connectivity index (χ4v) is 5.30. The summed E-state index contributed by atoms with van der Waals surface area (Å²) in [7, 11) is 0. The minimum atomic E-state index is 0.280. The highest BCUT2D eigenvalue weighted by Gasteiger charge is 2.38. The number of rotatable bonds is 7. The zero-order valence-electron chi connectivity index (χ0n) is 14.6. The number of hydrogen-bond donors (Lipinski definition) is 0. The average Bonchev–Trinajstić information content (AvgIpc) is 3.06. The van der Waals surface area contributed by atoms with Crippen molar-refractivity contribution in [2.45, 2.75) is 69.2 Å². The van der Waals surface area contributed by atoms with Gasteiger partial charge >= 0.3 is 0 Å². The predicted molar refractivity (Wildman–Crippen MR) is 102 cm³/mol. The van der Waals surface area contributed by atoms with Crippen LogP contribution in [-0.2, 0) is 11.3 Å². The summed E-state index contributed by atoms with van der Waals surface area (Å²) in [6.07, 6.45) is 7.26. The molecule has 0 spiro atoms.